The highest BCUT2D eigenvalue weighted by molar-refractivity contribution is 8.93. The van der Waals surface area contributed by atoms with E-state index in [1.165, 1.54) is 89.9 Å². The summed E-state index contributed by atoms with van der Waals surface area (Å²) >= 11 is 0. The first-order valence-corrected chi connectivity index (χ1v) is 11.7. The molecule has 24 heavy (non-hydrogen) atoms. The highest BCUT2D eigenvalue weighted by Crippen LogP contribution is 2.13. The molecule has 5 heteroatoms. The molecule has 0 N–H and O–H groups in total. The number of rotatable bonds is 18. The van der Waals surface area contributed by atoms with Gasteiger partial charge in [0.15, 0.2) is 0 Å². The summed E-state index contributed by atoms with van der Waals surface area (Å²) in [5.74, 6) is 0. The van der Waals surface area contributed by atoms with Gasteiger partial charge in [0.25, 0.3) is 10.1 Å². The van der Waals surface area contributed by atoms with Crippen molar-refractivity contribution in [3.8, 4) is 0 Å². The summed E-state index contributed by atoms with van der Waals surface area (Å²) in [5.41, 5.74) is 0. The van der Waals surface area contributed by atoms with Crippen LogP contribution in [0.1, 0.15) is 110 Å². The van der Waals surface area contributed by atoms with E-state index in [4.69, 9.17) is 4.18 Å². The molecular formula is C19H41BrO3S. The lowest BCUT2D eigenvalue weighted by molar-refractivity contribution is 0.309. The predicted octanol–water partition coefficient (Wildman–Crippen LogP) is 6.80. The van der Waals surface area contributed by atoms with Crippen LogP contribution in [0.2, 0.25) is 0 Å². The summed E-state index contributed by atoms with van der Waals surface area (Å²) in [7, 11) is -3.24. The Balaban J connectivity index is 0. The van der Waals surface area contributed by atoms with Crippen LogP contribution in [0, 0.1) is 0 Å². The first-order chi connectivity index (χ1) is 11.1. The molecule has 0 spiro atoms. The molecule has 0 aliphatic rings. The number of halogens is 1. The van der Waals surface area contributed by atoms with E-state index in [2.05, 4.69) is 6.92 Å². The van der Waals surface area contributed by atoms with E-state index in [0.717, 1.165) is 19.1 Å². The van der Waals surface area contributed by atoms with Crippen molar-refractivity contribution in [2.24, 2.45) is 0 Å². The molecule has 0 aromatic carbocycles. The minimum Gasteiger partial charge on any atom is -0.270 e. The fourth-order valence-electron chi connectivity index (χ4n) is 2.86. The van der Waals surface area contributed by atoms with Gasteiger partial charge in [-0.3, -0.25) is 4.18 Å². The Hall–Kier alpha value is 0.390. The van der Waals surface area contributed by atoms with Gasteiger partial charge in [0, 0.05) is 0 Å². The highest BCUT2D eigenvalue weighted by atomic mass is 79.9. The van der Waals surface area contributed by atoms with Gasteiger partial charge < -0.3 is 0 Å². The van der Waals surface area contributed by atoms with Gasteiger partial charge in [-0.05, 0) is 6.42 Å². The third kappa shape index (κ3) is 24.6. The van der Waals surface area contributed by atoms with E-state index in [0.29, 0.717) is 6.61 Å². The van der Waals surface area contributed by atoms with Gasteiger partial charge in [-0.15, -0.1) is 17.0 Å². The Bertz CT molecular complexity index is 332. The average Bonchev–Trinajstić information content (AvgIpc) is 2.49. The molecule has 0 saturated heterocycles. The maximum absolute atomic E-state index is 10.8. The van der Waals surface area contributed by atoms with Crippen molar-refractivity contribution >= 4 is 27.1 Å². The molecule has 0 fully saturated rings. The smallest absolute Gasteiger partial charge is 0.264 e. The zero-order chi connectivity index (χ0) is 17.2. The van der Waals surface area contributed by atoms with Crippen LogP contribution < -0.4 is 0 Å². The normalized spacial score (nSPS) is 11.4. The van der Waals surface area contributed by atoms with Crippen LogP contribution in [0.5, 0.6) is 0 Å². The molecule has 0 bridgehead atoms. The standard InChI is InChI=1S/C19H40O3S.BrH/c1-3-4-5-6-7-8-9-10-11-12-13-14-15-16-17-18-19-22-23(2,20)21;/h3-19H2,1-2H3;1H. The molecule has 0 aliphatic carbocycles. The largest absolute Gasteiger partial charge is 0.270 e. The Morgan fingerprint density at radius 3 is 1.17 bits per heavy atom. The van der Waals surface area contributed by atoms with Crippen LogP contribution in [-0.4, -0.2) is 21.3 Å². The van der Waals surface area contributed by atoms with Crippen molar-refractivity contribution in [3.63, 3.8) is 0 Å². The third-order valence-corrected chi connectivity index (χ3v) is 4.89. The van der Waals surface area contributed by atoms with Gasteiger partial charge in [0.1, 0.15) is 0 Å². The Morgan fingerprint density at radius 2 is 0.875 bits per heavy atom. The zero-order valence-electron chi connectivity index (χ0n) is 16.1. The third-order valence-electron chi connectivity index (χ3n) is 4.30. The van der Waals surface area contributed by atoms with Gasteiger partial charge in [-0.1, -0.05) is 103 Å². The molecular weight excluding hydrogens is 388 g/mol. The number of hydrogen-bond acceptors (Lipinski definition) is 3. The van der Waals surface area contributed by atoms with E-state index in [1.807, 2.05) is 0 Å². The molecule has 0 saturated carbocycles. The van der Waals surface area contributed by atoms with Crippen LogP contribution in [0.15, 0.2) is 0 Å². The van der Waals surface area contributed by atoms with Gasteiger partial charge in [-0.2, -0.15) is 8.42 Å². The quantitative estimate of drug-likeness (QED) is 0.178. The second kappa shape index (κ2) is 19.7. The van der Waals surface area contributed by atoms with E-state index in [9.17, 15) is 8.42 Å². The summed E-state index contributed by atoms with van der Waals surface area (Å²) in [4.78, 5) is 0. The monoisotopic (exact) mass is 428 g/mol. The Kier molecular flexibility index (Phi) is 21.9. The predicted molar refractivity (Wildman–Crippen MR) is 111 cm³/mol. The lowest BCUT2D eigenvalue weighted by atomic mass is 10.0. The molecule has 0 amide bonds. The zero-order valence-corrected chi connectivity index (χ0v) is 18.6. The second-order valence-corrected chi connectivity index (χ2v) is 8.47. The minimum atomic E-state index is -3.24. The molecule has 0 aromatic heterocycles. The van der Waals surface area contributed by atoms with Gasteiger partial charge in [-0.25, -0.2) is 0 Å². The van der Waals surface area contributed by atoms with Crippen molar-refractivity contribution in [3.05, 3.63) is 0 Å². The van der Waals surface area contributed by atoms with Crippen molar-refractivity contribution in [1.29, 1.82) is 0 Å². The Morgan fingerprint density at radius 1 is 0.583 bits per heavy atom. The molecule has 148 valence electrons. The number of hydrogen-bond donors (Lipinski definition) is 0. The topological polar surface area (TPSA) is 43.4 Å². The first kappa shape index (κ1) is 26.6. The fraction of sp³-hybridized carbons (Fsp3) is 1.00. The van der Waals surface area contributed by atoms with Crippen LogP contribution in [0.4, 0.5) is 0 Å². The maximum atomic E-state index is 10.8. The van der Waals surface area contributed by atoms with E-state index in [1.54, 1.807) is 0 Å². The fourth-order valence-corrected chi connectivity index (χ4v) is 3.28. The summed E-state index contributed by atoms with van der Waals surface area (Å²) in [6.45, 7) is 2.62. The molecule has 0 radical (unpaired) electrons. The van der Waals surface area contributed by atoms with E-state index in [-0.39, 0.29) is 17.0 Å². The maximum Gasteiger partial charge on any atom is 0.264 e. The molecule has 0 aliphatic heterocycles. The van der Waals surface area contributed by atoms with E-state index >= 15 is 0 Å². The first-order valence-electron chi connectivity index (χ1n) is 9.90. The molecule has 3 nitrogen and oxygen atoms in total. The molecule has 0 heterocycles. The molecule has 0 unspecified atom stereocenters. The van der Waals surface area contributed by atoms with Gasteiger partial charge in [0.2, 0.25) is 0 Å². The van der Waals surface area contributed by atoms with Crippen molar-refractivity contribution in [1.82, 2.24) is 0 Å². The summed E-state index contributed by atoms with van der Waals surface area (Å²) in [6.07, 6.45) is 22.3. The lowest BCUT2D eigenvalue weighted by Crippen LogP contribution is -2.03. The molecule has 0 rings (SSSR count). The van der Waals surface area contributed by atoms with Crippen molar-refractivity contribution in [2.75, 3.05) is 12.9 Å². The van der Waals surface area contributed by atoms with Crippen molar-refractivity contribution < 1.29 is 12.6 Å². The summed E-state index contributed by atoms with van der Waals surface area (Å²) in [6, 6.07) is 0. The number of unbranched alkanes of at least 4 members (excludes halogenated alkanes) is 15. The van der Waals surface area contributed by atoms with Crippen LogP contribution in [0.3, 0.4) is 0 Å². The second-order valence-electron chi connectivity index (χ2n) is 6.83. The van der Waals surface area contributed by atoms with Gasteiger partial charge >= 0.3 is 0 Å². The molecule has 0 aromatic rings. The summed E-state index contributed by atoms with van der Waals surface area (Å²) < 4.78 is 26.3. The average molecular weight is 430 g/mol. The molecule has 0 atom stereocenters. The van der Waals surface area contributed by atoms with Gasteiger partial charge in [0.05, 0.1) is 12.9 Å². The minimum absolute atomic E-state index is 0. The Labute approximate surface area is 162 Å². The van der Waals surface area contributed by atoms with Crippen molar-refractivity contribution in [2.45, 2.75) is 110 Å². The SMILES string of the molecule is Br.CCCCCCCCCCCCCCCCCCOS(C)(=O)=O. The van der Waals surface area contributed by atoms with Crippen LogP contribution >= 0.6 is 17.0 Å². The van der Waals surface area contributed by atoms with Crippen LogP contribution in [0.25, 0.3) is 0 Å². The highest BCUT2D eigenvalue weighted by Gasteiger charge is 2.00. The van der Waals surface area contributed by atoms with E-state index < -0.39 is 10.1 Å². The summed E-state index contributed by atoms with van der Waals surface area (Å²) in [5, 5.41) is 0. The van der Waals surface area contributed by atoms with Crippen LogP contribution in [-0.2, 0) is 14.3 Å². The lowest BCUT2D eigenvalue weighted by Gasteiger charge is -2.04.